The number of nitrogens with two attached hydrogens (primary N) is 1. The fourth-order valence-corrected chi connectivity index (χ4v) is 1.31. The summed E-state index contributed by atoms with van der Waals surface area (Å²) in [6, 6.07) is 4.36. The summed E-state index contributed by atoms with van der Waals surface area (Å²) in [5, 5.41) is 2.64. The van der Waals surface area contributed by atoms with Crippen LogP contribution < -0.4 is 11.1 Å². The maximum atomic E-state index is 12.9. The Hall–Kier alpha value is -1.86. The smallest absolute Gasteiger partial charge is 0.216 e. The molecule has 3 nitrogen and oxygen atoms in total. The van der Waals surface area contributed by atoms with E-state index >= 15 is 0 Å². The Morgan fingerprint density at radius 3 is 2.94 bits per heavy atom. The average molecular weight is 234 g/mol. The van der Waals surface area contributed by atoms with E-state index in [9.17, 15) is 9.18 Å². The Bertz CT molecular complexity index is 460. The molecule has 1 aromatic carbocycles. The third-order valence-electron chi connectivity index (χ3n) is 2.13. The van der Waals surface area contributed by atoms with Crippen LogP contribution in [0.25, 0.3) is 0 Å². The summed E-state index contributed by atoms with van der Waals surface area (Å²) in [4.78, 5) is 10.6. The molecule has 0 aliphatic rings. The Kier molecular flexibility index (Phi) is 5.18. The molecule has 0 aromatic heterocycles. The first-order valence-corrected chi connectivity index (χ1v) is 5.35. The van der Waals surface area contributed by atoms with Gasteiger partial charge in [0.25, 0.3) is 0 Å². The predicted octanol–water partition coefficient (Wildman–Crippen LogP) is 1.16. The topological polar surface area (TPSA) is 55.1 Å². The summed E-state index contributed by atoms with van der Waals surface area (Å²) < 4.78 is 12.9. The Balaban J connectivity index is 2.62. The number of benzene rings is 1. The van der Waals surface area contributed by atoms with Crippen molar-refractivity contribution >= 4 is 5.91 Å². The van der Waals surface area contributed by atoms with E-state index in [1.807, 2.05) is 0 Å². The highest BCUT2D eigenvalue weighted by molar-refractivity contribution is 5.72. The Labute approximate surface area is 100 Å². The van der Waals surface area contributed by atoms with E-state index in [2.05, 4.69) is 17.2 Å². The van der Waals surface area contributed by atoms with Crippen molar-refractivity contribution in [2.45, 2.75) is 19.9 Å². The van der Waals surface area contributed by atoms with Gasteiger partial charge in [0.1, 0.15) is 5.82 Å². The van der Waals surface area contributed by atoms with Gasteiger partial charge in [-0.2, -0.15) is 0 Å². The maximum Gasteiger partial charge on any atom is 0.216 e. The van der Waals surface area contributed by atoms with Crippen molar-refractivity contribution < 1.29 is 9.18 Å². The average Bonchev–Trinajstić information content (AvgIpc) is 2.29. The highest BCUT2D eigenvalue weighted by Gasteiger charge is 1.99. The zero-order valence-electron chi connectivity index (χ0n) is 9.72. The standard InChI is InChI=1S/C13H15FN2O/c1-10(17)16-7-3-2-4-11-5-6-13(14)8-12(11)9-15/h5-6,8H,3,7,9,15H2,1H3,(H,16,17). The molecule has 90 valence electrons. The molecular weight excluding hydrogens is 219 g/mol. The fourth-order valence-electron chi connectivity index (χ4n) is 1.31. The lowest BCUT2D eigenvalue weighted by Crippen LogP contribution is -2.20. The molecular formula is C13H15FN2O. The van der Waals surface area contributed by atoms with E-state index in [-0.39, 0.29) is 18.3 Å². The molecule has 0 bridgehead atoms. The molecule has 0 saturated carbocycles. The number of carbonyl (C=O) groups excluding carboxylic acids is 1. The molecule has 0 unspecified atom stereocenters. The van der Waals surface area contributed by atoms with Gasteiger partial charge in [0, 0.05) is 32.0 Å². The van der Waals surface area contributed by atoms with Crippen LogP contribution in [0.1, 0.15) is 24.5 Å². The minimum absolute atomic E-state index is 0.0729. The number of amides is 1. The number of carbonyl (C=O) groups is 1. The molecule has 0 aliphatic carbocycles. The normalized spacial score (nSPS) is 9.35. The monoisotopic (exact) mass is 234 g/mol. The molecule has 0 atom stereocenters. The molecule has 0 aliphatic heterocycles. The maximum absolute atomic E-state index is 12.9. The lowest BCUT2D eigenvalue weighted by atomic mass is 10.1. The molecule has 0 fully saturated rings. The first-order valence-electron chi connectivity index (χ1n) is 5.35. The van der Waals surface area contributed by atoms with Crippen LogP contribution in [0.4, 0.5) is 4.39 Å². The SMILES string of the molecule is CC(=O)NCCC#Cc1ccc(F)cc1CN. The number of hydrogen-bond donors (Lipinski definition) is 2. The van der Waals surface area contributed by atoms with Gasteiger partial charge in [-0.05, 0) is 23.8 Å². The third kappa shape index (κ3) is 4.66. The van der Waals surface area contributed by atoms with Crippen LogP contribution in [0.3, 0.4) is 0 Å². The summed E-state index contributed by atoms with van der Waals surface area (Å²) in [6.07, 6.45) is 0.557. The van der Waals surface area contributed by atoms with E-state index in [0.717, 1.165) is 5.56 Å². The molecule has 1 aromatic rings. The summed E-state index contributed by atoms with van der Waals surface area (Å²) in [5.74, 6) is 5.44. The molecule has 0 radical (unpaired) electrons. The fraction of sp³-hybridized carbons (Fsp3) is 0.308. The van der Waals surface area contributed by atoms with Crippen molar-refractivity contribution in [3.63, 3.8) is 0 Å². The quantitative estimate of drug-likeness (QED) is 0.609. The second kappa shape index (κ2) is 6.66. The van der Waals surface area contributed by atoms with Crippen LogP contribution in [-0.2, 0) is 11.3 Å². The zero-order chi connectivity index (χ0) is 12.7. The van der Waals surface area contributed by atoms with E-state index in [4.69, 9.17) is 5.73 Å². The summed E-state index contributed by atoms with van der Waals surface area (Å²) in [5.41, 5.74) is 6.92. The van der Waals surface area contributed by atoms with Gasteiger partial charge in [0.15, 0.2) is 0 Å². The van der Waals surface area contributed by atoms with Crippen LogP contribution in [0.15, 0.2) is 18.2 Å². The number of halogens is 1. The van der Waals surface area contributed by atoms with Gasteiger partial charge in [0.2, 0.25) is 5.91 Å². The van der Waals surface area contributed by atoms with Crippen LogP contribution in [0.2, 0.25) is 0 Å². The van der Waals surface area contributed by atoms with Crippen molar-refractivity contribution in [2.24, 2.45) is 5.73 Å². The first kappa shape index (κ1) is 13.2. The van der Waals surface area contributed by atoms with Crippen LogP contribution in [0, 0.1) is 17.7 Å². The molecule has 0 spiro atoms. The minimum atomic E-state index is -0.311. The zero-order valence-corrected chi connectivity index (χ0v) is 9.72. The van der Waals surface area contributed by atoms with Crippen LogP contribution in [-0.4, -0.2) is 12.5 Å². The lowest BCUT2D eigenvalue weighted by Gasteiger charge is -2.00. The molecule has 3 N–H and O–H groups in total. The third-order valence-corrected chi connectivity index (χ3v) is 2.13. The molecule has 1 rings (SSSR count). The van der Waals surface area contributed by atoms with Crippen molar-refractivity contribution in [3.05, 3.63) is 35.1 Å². The van der Waals surface area contributed by atoms with Gasteiger partial charge in [-0.1, -0.05) is 11.8 Å². The highest BCUT2D eigenvalue weighted by atomic mass is 19.1. The van der Waals surface area contributed by atoms with Crippen LogP contribution in [0.5, 0.6) is 0 Å². The number of hydrogen-bond acceptors (Lipinski definition) is 2. The minimum Gasteiger partial charge on any atom is -0.355 e. The van der Waals surface area contributed by atoms with Gasteiger partial charge in [-0.15, -0.1) is 0 Å². The van der Waals surface area contributed by atoms with Crippen molar-refractivity contribution in [1.29, 1.82) is 0 Å². The van der Waals surface area contributed by atoms with Gasteiger partial charge < -0.3 is 11.1 Å². The summed E-state index contributed by atoms with van der Waals surface area (Å²) in [6.45, 7) is 2.23. The van der Waals surface area contributed by atoms with Gasteiger partial charge in [-0.25, -0.2) is 4.39 Å². The van der Waals surface area contributed by atoms with E-state index in [0.29, 0.717) is 18.5 Å². The molecule has 4 heteroatoms. The summed E-state index contributed by atoms with van der Waals surface area (Å²) >= 11 is 0. The first-order chi connectivity index (χ1) is 8.13. The van der Waals surface area contributed by atoms with Crippen molar-refractivity contribution in [1.82, 2.24) is 5.32 Å². The van der Waals surface area contributed by atoms with Gasteiger partial charge >= 0.3 is 0 Å². The largest absolute Gasteiger partial charge is 0.355 e. The predicted molar refractivity (Wildman–Crippen MR) is 64.5 cm³/mol. The molecule has 0 saturated heterocycles. The molecule has 0 heterocycles. The van der Waals surface area contributed by atoms with Gasteiger partial charge in [-0.3, -0.25) is 4.79 Å². The number of rotatable bonds is 3. The highest BCUT2D eigenvalue weighted by Crippen LogP contribution is 2.09. The van der Waals surface area contributed by atoms with E-state index in [1.54, 1.807) is 6.07 Å². The second-order valence-electron chi connectivity index (χ2n) is 3.54. The Morgan fingerprint density at radius 1 is 1.53 bits per heavy atom. The van der Waals surface area contributed by atoms with Crippen molar-refractivity contribution in [3.8, 4) is 11.8 Å². The van der Waals surface area contributed by atoms with Crippen LogP contribution >= 0.6 is 0 Å². The summed E-state index contributed by atoms with van der Waals surface area (Å²) in [7, 11) is 0. The molecule has 17 heavy (non-hydrogen) atoms. The lowest BCUT2D eigenvalue weighted by molar-refractivity contribution is -0.118. The Morgan fingerprint density at radius 2 is 2.29 bits per heavy atom. The van der Waals surface area contributed by atoms with E-state index < -0.39 is 0 Å². The van der Waals surface area contributed by atoms with E-state index in [1.165, 1.54) is 19.1 Å². The molecule has 1 amide bonds. The van der Waals surface area contributed by atoms with Gasteiger partial charge in [0.05, 0.1) is 0 Å². The number of nitrogens with one attached hydrogen (secondary N) is 1. The van der Waals surface area contributed by atoms with Crippen molar-refractivity contribution in [2.75, 3.05) is 6.54 Å². The second-order valence-corrected chi connectivity index (χ2v) is 3.54.